The van der Waals surface area contributed by atoms with Gasteiger partial charge in [0.15, 0.2) is 11.5 Å². The predicted molar refractivity (Wildman–Crippen MR) is 71.5 cm³/mol. The smallest absolute Gasteiger partial charge is 0.161 e. The van der Waals surface area contributed by atoms with Gasteiger partial charge in [-0.25, -0.2) is 0 Å². The zero-order valence-corrected chi connectivity index (χ0v) is 11.2. The van der Waals surface area contributed by atoms with Crippen LogP contribution in [0.2, 0.25) is 0 Å². The summed E-state index contributed by atoms with van der Waals surface area (Å²) in [6.45, 7) is 6.92. The molecule has 1 aromatic rings. The molecule has 0 aliphatic carbocycles. The first kappa shape index (κ1) is 11.8. The van der Waals surface area contributed by atoms with E-state index in [-0.39, 0.29) is 0 Å². The molecule has 0 amide bonds. The highest BCUT2D eigenvalue weighted by molar-refractivity contribution is 5.50. The van der Waals surface area contributed by atoms with Crippen LogP contribution in [0, 0.1) is 0 Å². The van der Waals surface area contributed by atoms with Crippen molar-refractivity contribution in [3.8, 4) is 11.5 Å². The van der Waals surface area contributed by atoms with Crippen LogP contribution in [0.1, 0.15) is 49.8 Å². The standard InChI is InChI=1S/C15H21NO2/c1-10(2)11-8-14-15(18-7-6-17-14)9-12(11)13-4-3-5-16-13/h8-10,13,16H,3-7H2,1-2H3. The Labute approximate surface area is 108 Å². The van der Waals surface area contributed by atoms with E-state index in [9.17, 15) is 0 Å². The largest absolute Gasteiger partial charge is 0.486 e. The lowest BCUT2D eigenvalue weighted by molar-refractivity contribution is 0.171. The molecular weight excluding hydrogens is 226 g/mol. The molecule has 1 N–H and O–H groups in total. The molecule has 0 bridgehead atoms. The zero-order valence-electron chi connectivity index (χ0n) is 11.2. The normalized spacial score (nSPS) is 22.5. The van der Waals surface area contributed by atoms with Gasteiger partial charge in [-0.3, -0.25) is 0 Å². The molecule has 0 spiro atoms. The van der Waals surface area contributed by atoms with Crippen molar-refractivity contribution in [3.05, 3.63) is 23.3 Å². The predicted octanol–water partition coefficient (Wildman–Crippen LogP) is 3.01. The molecule has 1 saturated heterocycles. The van der Waals surface area contributed by atoms with E-state index in [4.69, 9.17) is 9.47 Å². The van der Waals surface area contributed by atoms with Crippen LogP contribution in [0.25, 0.3) is 0 Å². The van der Waals surface area contributed by atoms with Crippen LogP contribution in [0.5, 0.6) is 11.5 Å². The highest BCUT2D eigenvalue weighted by Crippen LogP contribution is 2.39. The first-order chi connectivity index (χ1) is 8.75. The zero-order chi connectivity index (χ0) is 12.5. The van der Waals surface area contributed by atoms with Crippen LogP contribution in [-0.4, -0.2) is 19.8 Å². The monoisotopic (exact) mass is 247 g/mol. The molecule has 0 radical (unpaired) electrons. The first-order valence-corrected chi connectivity index (χ1v) is 6.92. The van der Waals surface area contributed by atoms with Crippen LogP contribution in [0.15, 0.2) is 12.1 Å². The Hall–Kier alpha value is -1.22. The van der Waals surface area contributed by atoms with Gasteiger partial charge in [-0.2, -0.15) is 0 Å². The third-order valence-corrected chi connectivity index (χ3v) is 3.81. The molecule has 0 saturated carbocycles. The summed E-state index contributed by atoms with van der Waals surface area (Å²) in [7, 11) is 0. The van der Waals surface area contributed by atoms with Gasteiger partial charge >= 0.3 is 0 Å². The maximum atomic E-state index is 5.71. The average Bonchev–Trinajstić information content (AvgIpc) is 2.91. The molecule has 3 heteroatoms. The Kier molecular flexibility index (Phi) is 3.16. The van der Waals surface area contributed by atoms with Crippen LogP contribution in [0.3, 0.4) is 0 Å². The second-order valence-corrected chi connectivity index (χ2v) is 5.43. The molecule has 2 heterocycles. The molecule has 98 valence electrons. The fraction of sp³-hybridized carbons (Fsp3) is 0.600. The number of hydrogen-bond acceptors (Lipinski definition) is 3. The third kappa shape index (κ3) is 2.07. The number of ether oxygens (including phenoxy) is 2. The van der Waals surface area contributed by atoms with E-state index < -0.39 is 0 Å². The van der Waals surface area contributed by atoms with Crippen LogP contribution in [-0.2, 0) is 0 Å². The molecule has 18 heavy (non-hydrogen) atoms. The van der Waals surface area contributed by atoms with Gasteiger partial charge in [-0.1, -0.05) is 13.8 Å². The Morgan fingerprint density at radius 2 is 1.89 bits per heavy atom. The van der Waals surface area contributed by atoms with E-state index in [2.05, 4.69) is 31.3 Å². The minimum absolute atomic E-state index is 0.484. The fourth-order valence-electron chi connectivity index (χ4n) is 2.87. The van der Waals surface area contributed by atoms with E-state index in [0.717, 1.165) is 18.0 Å². The molecule has 3 nitrogen and oxygen atoms in total. The third-order valence-electron chi connectivity index (χ3n) is 3.81. The van der Waals surface area contributed by atoms with Gasteiger partial charge in [0, 0.05) is 6.04 Å². The lowest BCUT2D eigenvalue weighted by Crippen LogP contribution is -2.19. The van der Waals surface area contributed by atoms with E-state index in [1.54, 1.807) is 0 Å². The van der Waals surface area contributed by atoms with Gasteiger partial charge in [0.05, 0.1) is 0 Å². The number of nitrogens with one attached hydrogen (secondary N) is 1. The number of hydrogen-bond donors (Lipinski definition) is 1. The van der Waals surface area contributed by atoms with E-state index >= 15 is 0 Å². The van der Waals surface area contributed by atoms with Gasteiger partial charge < -0.3 is 14.8 Å². The van der Waals surface area contributed by atoms with E-state index in [1.807, 2.05) is 0 Å². The van der Waals surface area contributed by atoms with Crippen molar-refractivity contribution in [1.29, 1.82) is 0 Å². The van der Waals surface area contributed by atoms with Gasteiger partial charge in [0.1, 0.15) is 13.2 Å². The Morgan fingerprint density at radius 1 is 1.17 bits per heavy atom. The number of rotatable bonds is 2. The van der Waals surface area contributed by atoms with Crippen molar-refractivity contribution < 1.29 is 9.47 Å². The second-order valence-electron chi connectivity index (χ2n) is 5.43. The minimum atomic E-state index is 0.484. The maximum Gasteiger partial charge on any atom is 0.161 e. The highest BCUT2D eigenvalue weighted by Gasteiger charge is 2.24. The van der Waals surface area contributed by atoms with Crippen molar-refractivity contribution in [1.82, 2.24) is 5.32 Å². The topological polar surface area (TPSA) is 30.5 Å². The first-order valence-electron chi connectivity index (χ1n) is 6.92. The van der Waals surface area contributed by atoms with Crippen LogP contribution in [0.4, 0.5) is 0 Å². The lowest BCUT2D eigenvalue weighted by atomic mass is 9.91. The molecule has 2 aliphatic heterocycles. The van der Waals surface area contributed by atoms with Gasteiger partial charge in [0.25, 0.3) is 0 Å². The minimum Gasteiger partial charge on any atom is -0.486 e. The molecule has 3 rings (SSSR count). The van der Waals surface area contributed by atoms with Gasteiger partial charge in [-0.15, -0.1) is 0 Å². The molecule has 2 aliphatic rings. The average molecular weight is 247 g/mol. The van der Waals surface area contributed by atoms with Crippen molar-refractivity contribution in [3.63, 3.8) is 0 Å². The summed E-state index contributed by atoms with van der Waals surface area (Å²) in [5.41, 5.74) is 2.78. The summed E-state index contributed by atoms with van der Waals surface area (Å²) in [5.74, 6) is 2.33. The SMILES string of the molecule is CC(C)c1cc2c(cc1C1CCCN1)OCCO2. The van der Waals surface area contributed by atoms with Crippen LogP contribution < -0.4 is 14.8 Å². The lowest BCUT2D eigenvalue weighted by Gasteiger charge is -2.24. The highest BCUT2D eigenvalue weighted by atomic mass is 16.6. The molecule has 1 unspecified atom stereocenters. The van der Waals surface area contributed by atoms with Crippen molar-refractivity contribution in [2.45, 2.75) is 38.6 Å². The van der Waals surface area contributed by atoms with Gasteiger partial charge in [-0.05, 0) is 48.6 Å². The molecule has 1 fully saturated rings. The summed E-state index contributed by atoms with van der Waals surface area (Å²) < 4.78 is 11.4. The molecule has 1 aromatic carbocycles. The van der Waals surface area contributed by atoms with Crippen molar-refractivity contribution in [2.75, 3.05) is 19.8 Å². The van der Waals surface area contributed by atoms with Gasteiger partial charge in [0.2, 0.25) is 0 Å². The molecule has 1 atom stereocenters. The van der Waals surface area contributed by atoms with Crippen LogP contribution >= 0.6 is 0 Å². The Morgan fingerprint density at radius 3 is 2.50 bits per heavy atom. The van der Waals surface area contributed by atoms with E-state index in [0.29, 0.717) is 25.2 Å². The second kappa shape index (κ2) is 4.81. The number of benzene rings is 1. The summed E-state index contributed by atoms with van der Waals surface area (Å²) in [6.07, 6.45) is 2.48. The summed E-state index contributed by atoms with van der Waals surface area (Å²) in [5, 5.41) is 3.58. The fourth-order valence-corrected chi connectivity index (χ4v) is 2.87. The quantitative estimate of drug-likeness (QED) is 0.871. The molecule has 0 aromatic heterocycles. The summed E-state index contributed by atoms with van der Waals surface area (Å²) in [4.78, 5) is 0. The van der Waals surface area contributed by atoms with Crippen molar-refractivity contribution in [2.24, 2.45) is 0 Å². The van der Waals surface area contributed by atoms with E-state index in [1.165, 1.54) is 24.0 Å². The summed E-state index contributed by atoms with van der Waals surface area (Å²) >= 11 is 0. The van der Waals surface area contributed by atoms with Crippen molar-refractivity contribution >= 4 is 0 Å². The maximum absolute atomic E-state index is 5.71. The number of fused-ring (bicyclic) bond motifs is 1. The molecular formula is C15H21NO2. The summed E-state index contributed by atoms with van der Waals surface area (Å²) in [6, 6.07) is 4.85. The Balaban J connectivity index is 2.03. The Bertz CT molecular complexity index is 436.